The Bertz CT molecular complexity index is 317. The molecule has 70 valence electrons. The third-order valence-electron chi connectivity index (χ3n) is 1.19. The molecule has 0 aromatic carbocycles. The molecule has 0 saturated carbocycles. The van der Waals surface area contributed by atoms with Crippen molar-refractivity contribution in [3.05, 3.63) is 23.8 Å². The predicted octanol–water partition coefficient (Wildman–Crippen LogP) is 1.63. The SMILES string of the molecule is O=Cc1cc(OC(F)F)cnc1F. The summed E-state index contributed by atoms with van der Waals surface area (Å²) in [5.41, 5.74) is -0.418. The van der Waals surface area contributed by atoms with E-state index in [1.807, 2.05) is 0 Å². The van der Waals surface area contributed by atoms with E-state index in [2.05, 4.69) is 9.72 Å². The summed E-state index contributed by atoms with van der Waals surface area (Å²) < 4.78 is 39.7. The van der Waals surface area contributed by atoms with E-state index in [0.29, 0.717) is 0 Å². The largest absolute Gasteiger partial charge is 0.433 e. The summed E-state index contributed by atoms with van der Waals surface area (Å²) in [6, 6.07) is 0.849. The van der Waals surface area contributed by atoms with Gasteiger partial charge in [0.1, 0.15) is 5.75 Å². The van der Waals surface area contributed by atoms with Crippen LogP contribution >= 0.6 is 0 Å². The van der Waals surface area contributed by atoms with Gasteiger partial charge in [0, 0.05) is 0 Å². The van der Waals surface area contributed by atoms with Gasteiger partial charge >= 0.3 is 6.61 Å². The van der Waals surface area contributed by atoms with Crippen LogP contribution in [0.1, 0.15) is 10.4 Å². The molecule has 1 aromatic heterocycles. The number of alkyl halides is 2. The average molecular weight is 191 g/mol. The summed E-state index contributed by atoms with van der Waals surface area (Å²) in [5.74, 6) is -1.37. The van der Waals surface area contributed by atoms with Crippen molar-refractivity contribution >= 4 is 6.29 Å². The van der Waals surface area contributed by atoms with E-state index in [9.17, 15) is 18.0 Å². The minimum absolute atomic E-state index is 0.167. The molecule has 1 rings (SSSR count). The Morgan fingerprint density at radius 3 is 2.77 bits per heavy atom. The van der Waals surface area contributed by atoms with Crippen molar-refractivity contribution in [2.24, 2.45) is 0 Å². The van der Waals surface area contributed by atoms with Crippen molar-refractivity contribution in [1.29, 1.82) is 0 Å². The van der Waals surface area contributed by atoms with E-state index in [4.69, 9.17) is 0 Å². The van der Waals surface area contributed by atoms with Gasteiger partial charge in [-0.1, -0.05) is 0 Å². The maximum absolute atomic E-state index is 12.5. The molecule has 0 aliphatic rings. The molecule has 0 spiro atoms. The van der Waals surface area contributed by atoms with Gasteiger partial charge in [-0.2, -0.15) is 13.2 Å². The highest BCUT2D eigenvalue weighted by Crippen LogP contribution is 2.14. The number of nitrogens with zero attached hydrogens (tertiary/aromatic N) is 1. The number of aromatic nitrogens is 1. The van der Waals surface area contributed by atoms with Gasteiger partial charge in [-0.05, 0) is 6.07 Å². The van der Waals surface area contributed by atoms with Crippen LogP contribution in [0.5, 0.6) is 5.75 Å². The van der Waals surface area contributed by atoms with Crippen LogP contribution in [-0.2, 0) is 0 Å². The van der Waals surface area contributed by atoms with Crippen molar-refractivity contribution in [2.45, 2.75) is 6.61 Å². The Morgan fingerprint density at radius 2 is 2.23 bits per heavy atom. The molecule has 0 fully saturated rings. The van der Waals surface area contributed by atoms with Crippen LogP contribution in [0.4, 0.5) is 13.2 Å². The number of aldehydes is 1. The quantitative estimate of drug-likeness (QED) is 0.538. The molecule has 3 nitrogen and oxygen atoms in total. The lowest BCUT2D eigenvalue weighted by molar-refractivity contribution is -0.0501. The number of carbonyl (C=O) groups is 1. The maximum atomic E-state index is 12.5. The lowest BCUT2D eigenvalue weighted by Crippen LogP contribution is -2.03. The summed E-state index contributed by atoms with van der Waals surface area (Å²) >= 11 is 0. The first-order valence-electron chi connectivity index (χ1n) is 3.19. The van der Waals surface area contributed by atoms with Crippen LogP contribution in [0.15, 0.2) is 12.3 Å². The van der Waals surface area contributed by atoms with Crippen LogP contribution in [0.25, 0.3) is 0 Å². The van der Waals surface area contributed by atoms with Crippen LogP contribution in [0, 0.1) is 5.95 Å². The number of halogens is 3. The van der Waals surface area contributed by atoms with Crippen molar-refractivity contribution in [2.75, 3.05) is 0 Å². The van der Waals surface area contributed by atoms with Crippen LogP contribution < -0.4 is 4.74 Å². The molecular formula is C7H4F3NO2. The fourth-order valence-electron chi connectivity index (χ4n) is 0.695. The second-order valence-corrected chi connectivity index (χ2v) is 2.05. The molecule has 0 aliphatic carbocycles. The molecule has 1 aromatic rings. The topological polar surface area (TPSA) is 39.2 Å². The Balaban J connectivity index is 2.92. The molecule has 0 radical (unpaired) electrons. The lowest BCUT2D eigenvalue weighted by Gasteiger charge is -2.03. The number of ether oxygens (including phenoxy) is 1. The zero-order chi connectivity index (χ0) is 9.84. The van der Waals surface area contributed by atoms with Gasteiger partial charge in [0.25, 0.3) is 0 Å². The number of hydrogen-bond donors (Lipinski definition) is 0. The van der Waals surface area contributed by atoms with Crippen molar-refractivity contribution in [3.63, 3.8) is 0 Å². The first-order chi connectivity index (χ1) is 6.13. The van der Waals surface area contributed by atoms with E-state index in [-0.39, 0.29) is 12.0 Å². The van der Waals surface area contributed by atoms with Crippen LogP contribution in [0.2, 0.25) is 0 Å². The fourth-order valence-corrected chi connectivity index (χ4v) is 0.695. The molecule has 0 aliphatic heterocycles. The monoisotopic (exact) mass is 191 g/mol. The summed E-state index contributed by atoms with van der Waals surface area (Å²) in [5, 5.41) is 0. The van der Waals surface area contributed by atoms with Gasteiger partial charge in [-0.3, -0.25) is 4.79 Å². The fraction of sp³-hybridized carbons (Fsp3) is 0.143. The molecule has 1 heterocycles. The average Bonchev–Trinajstić information content (AvgIpc) is 2.07. The van der Waals surface area contributed by atoms with Crippen molar-refractivity contribution in [3.8, 4) is 5.75 Å². The number of rotatable bonds is 3. The zero-order valence-corrected chi connectivity index (χ0v) is 6.21. The summed E-state index contributed by atoms with van der Waals surface area (Å²) in [6.45, 7) is -3.02. The standard InChI is InChI=1S/C7H4F3NO2/c8-6-4(3-12)1-5(2-11-6)13-7(9)10/h1-3,7H. The van der Waals surface area contributed by atoms with Crippen LogP contribution in [-0.4, -0.2) is 17.9 Å². The molecule has 0 saturated heterocycles. The minimum atomic E-state index is -3.02. The second-order valence-electron chi connectivity index (χ2n) is 2.05. The third-order valence-corrected chi connectivity index (χ3v) is 1.19. The highest BCUT2D eigenvalue weighted by molar-refractivity contribution is 5.75. The number of carbonyl (C=O) groups excluding carboxylic acids is 1. The smallest absolute Gasteiger partial charge is 0.387 e. The van der Waals surface area contributed by atoms with Crippen molar-refractivity contribution in [1.82, 2.24) is 4.98 Å². The van der Waals surface area contributed by atoms with Gasteiger partial charge in [0.05, 0.1) is 11.8 Å². The summed E-state index contributed by atoms with van der Waals surface area (Å²) in [4.78, 5) is 13.2. The zero-order valence-electron chi connectivity index (χ0n) is 6.21. The third kappa shape index (κ3) is 2.43. The van der Waals surface area contributed by atoms with E-state index in [0.717, 1.165) is 12.3 Å². The van der Waals surface area contributed by atoms with Crippen LogP contribution in [0.3, 0.4) is 0 Å². The Morgan fingerprint density at radius 1 is 1.54 bits per heavy atom. The number of pyridine rings is 1. The highest BCUT2D eigenvalue weighted by Gasteiger charge is 2.08. The van der Waals surface area contributed by atoms with Gasteiger partial charge < -0.3 is 4.74 Å². The summed E-state index contributed by atoms with van der Waals surface area (Å²) in [6.07, 6.45) is 0.940. The van der Waals surface area contributed by atoms with Crippen molar-refractivity contribution < 1.29 is 22.7 Å². The molecule has 13 heavy (non-hydrogen) atoms. The van der Waals surface area contributed by atoms with Gasteiger partial charge in [-0.25, -0.2) is 4.98 Å². The number of hydrogen-bond acceptors (Lipinski definition) is 3. The molecule has 0 bridgehead atoms. The van der Waals surface area contributed by atoms with E-state index in [1.165, 1.54) is 0 Å². The summed E-state index contributed by atoms with van der Waals surface area (Å²) in [7, 11) is 0. The van der Waals surface area contributed by atoms with Gasteiger partial charge in [0.15, 0.2) is 6.29 Å². The molecule has 6 heteroatoms. The molecule has 0 unspecified atom stereocenters. The van der Waals surface area contributed by atoms with Gasteiger partial charge in [-0.15, -0.1) is 0 Å². The maximum Gasteiger partial charge on any atom is 0.387 e. The van der Waals surface area contributed by atoms with E-state index < -0.39 is 18.1 Å². The molecule has 0 N–H and O–H groups in total. The molecule has 0 atom stereocenters. The Kier molecular flexibility index (Phi) is 2.84. The van der Waals surface area contributed by atoms with Gasteiger partial charge in [0.2, 0.25) is 5.95 Å². The first-order valence-corrected chi connectivity index (χ1v) is 3.19. The second kappa shape index (κ2) is 3.88. The molecular weight excluding hydrogens is 187 g/mol. The Hall–Kier alpha value is -1.59. The highest BCUT2D eigenvalue weighted by atomic mass is 19.3. The lowest BCUT2D eigenvalue weighted by atomic mass is 10.3. The molecule has 0 amide bonds. The van der Waals surface area contributed by atoms with E-state index >= 15 is 0 Å². The normalized spacial score (nSPS) is 10.2. The Labute approximate surface area is 71.2 Å². The van der Waals surface area contributed by atoms with E-state index in [1.54, 1.807) is 0 Å². The predicted molar refractivity (Wildman–Crippen MR) is 36.2 cm³/mol. The first kappa shape index (κ1) is 9.50. The minimum Gasteiger partial charge on any atom is -0.433 e.